The first kappa shape index (κ1) is 22.7. The Morgan fingerprint density at radius 2 is 1.05 bits per heavy atom. The second-order valence-corrected chi connectivity index (χ2v) is 11.2. The lowest BCUT2D eigenvalue weighted by Gasteiger charge is -2.41. The summed E-state index contributed by atoms with van der Waals surface area (Å²) in [5, 5.41) is 2.27. The number of halogens is 1. The topological polar surface area (TPSA) is 54.5 Å². The van der Waals surface area contributed by atoms with Gasteiger partial charge in [-0.15, -0.1) is 0 Å². The third-order valence-corrected chi connectivity index (χ3v) is 9.21. The summed E-state index contributed by atoms with van der Waals surface area (Å²) < 4.78 is 0. The summed E-state index contributed by atoms with van der Waals surface area (Å²) in [6.07, 6.45) is 0. The average molecular weight is 548 g/mol. The quantitative estimate of drug-likeness (QED) is 0.216. The van der Waals surface area contributed by atoms with Crippen molar-refractivity contribution in [2.45, 2.75) is 5.41 Å². The van der Waals surface area contributed by atoms with Crippen LogP contribution in [0.3, 0.4) is 0 Å². The van der Waals surface area contributed by atoms with Crippen LogP contribution in [0.5, 0.6) is 0 Å². The maximum absolute atomic E-state index is 15.0. The van der Waals surface area contributed by atoms with Gasteiger partial charge in [-0.05, 0) is 40.6 Å². The van der Waals surface area contributed by atoms with Gasteiger partial charge in [0.25, 0.3) is 0 Å². The second-order valence-electron chi connectivity index (χ2n) is 10.8. The molecule has 1 spiro atoms. The molecule has 0 radical (unpaired) electrons. The molecule has 0 aromatic heterocycles. The van der Waals surface area contributed by atoms with Gasteiger partial charge in [0, 0.05) is 49.7 Å². The maximum Gasteiger partial charge on any atom is 0.193 e. The van der Waals surface area contributed by atoms with Gasteiger partial charge in [0.2, 0.25) is 0 Å². The molecule has 1 heterocycles. The molecule has 0 fully saturated rings. The fraction of sp³-hybridized carbons (Fsp3) is 0.0278. The molecule has 0 saturated heterocycles. The molecule has 0 atom stereocenters. The molecule has 4 aliphatic rings. The molecular formula is C36H18ClNO3. The Hall–Kier alpha value is -5.06. The highest BCUT2D eigenvalue weighted by molar-refractivity contribution is 6.41. The van der Waals surface area contributed by atoms with Gasteiger partial charge in [-0.25, -0.2) is 0 Å². The molecule has 41 heavy (non-hydrogen) atoms. The van der Waals surface area contributed by atoms with Crippen molar-refractivity contribution < 1.29 is 14.4 Å². The molecule has 5 heteroatoms. The van der Waals surface area contributed by atoms with Gasteiger partial charge >= 0.3 is 0 Å². The first-order chi connectivity index (χ1) is 20.0. The van der Waals surface area contributed by atoms with E-state index in [2.05, 4.69) is 0 Å². The monoisotopic (exact) mass is 547 g/mol. The van der Waals surface area contributed by atoms with E-state index in [0.717, 1.165) is 27.6 Å². The SMILES string of the molecule is O=C1C2=C(c3ccccc31)N(c1ccc(Cl)cc1)C1=C(C(=O)c3ccccc31)C21C(=O)c2cccc3cccc1c23. The highest BCUT2D eigenvalue weighted by Crippen LogP contribution is 2.63. The normalized spacial score (nSPS) is 17.5. The molecule has 5 aromatic rings. The summed E-state index contributed by atoms with van der Waals surface area (Å²) in [6.45, 7) is 0. The van der Waals surface area contributed by atoms with Crippen LogP contribution in [0.25, 0.3) is 22.2 Å². The zero-order valence-corrected chi connectivity index (χ0v) is 22.2. The Balaban J connectivity index is 1.51. The average Bonchev–Trinajstić information content (AvgIpc) is 3.57. The van der Waals surface area contributed by atoms with E-state index in [0.29, 0.717) is 49.8 Å². The Kier molecular flexibility index (Phi) is 4.19. The van der Waals surface area contributed by atoms with E-state index in [9.17, 15) is 9.59 Å². The fourth-order valence-electron chi connectivity index (χ4n) is 7.44. The third-order valence-electron chi connectivity index (χ3n) is 8.96. The fourth-order valence-corrected chi connectivity index (χ4v) is 7.56. The van der Waals surface area contributed by atoms with Crippen LogP contribution in [-0.2, 0) is 5.41 Å². The smallest absolute Gasteiger partial charge is 0.193 e. The lowest BCUT2D eigenvalue weighted by molar-refractivity contribution is 0.0886. The lowest BCUT2D eigenvalue weighted by atomic mass is 9.64. The van der Waals surface area contributed by atoms with E-state index in [-0.39, 0.29) is 17.3 Å². The molecule has 192 valence electrons. The van der Waals surface area contributed by atoms with Gasteiger partial charge in [0.1, 0.15) is 5.41 Å². The van der Waals surface area contributed by atoms with Gasteiger partial charge < -0.3 is 4.90 Å². The van der Waals surface area contributed by atoms with Crippen LogP contribution in [0, 0.1) is 0 Å². The van der Waals surface area contributed by atoms with Crippen LogP contribution in [-0.4, -0.2) is 17.3 Å². The summed E-state index contributed by atoms with van der Waals surface area (Å²) in [5.74, 6) is -0.701. The van der Waals surface area contributed by atoms with Crippen molar-refractivity contribution in [3.05, 3.63) is 159 Å². The summed E-state index contributed by atoms with van der Waals surface area (Å²) >= 11 is 6.30. The van der Waals surface area contributed by atoms with Crippen LogP contribution >= 0.6 is 11.6 Å². The standard InChI is InChI=1S/C36H18ClNO3/c37-20-15-17-21(18-16-20)38-31-22-9-1-3-11-24(22)33(39)29(31)36(30-32(38)23-10-2-4-12-25(23)34(30)40)27-14-6-8-19-7-5-13-26(28(19)27)35(36)41/h1-18H. The molecule has 4 nitrogen and oxygen atoms in total. The van der Waals surface area contributed by atoms with Gasteiger partial charge in [0.15, 0.2) is 17.3 Å². The Bertz CT molecular complexity index is 2080. The summed E-state index contributed by atoms with van der Waals surface area (Å²) in [4.78, 5) is 46.2. The van der Waals surface area contributed by atoms with E-state index in [4.69, 9.17) is 11.6 Å². The molecule has 0 saturated carbocycles. The number of nitrogens with zero attached hydrogens (tertiary/aromatic N) is 1. The van der Waals surface area contributed by atoms with Gasteiger partial charge in [-0.3, -0.25) is 14.4 Å². The number of anilines is 1. The van der Waals surface area contributed by atoms with E-state index < -0.39 is 5.41 Å². The van der Waals surface area contributed by atoms with E-state index in [1.54, 1.807) is 24.3 Å². The molecule has 0 amide bonds. The van der Waals surface area contributed by atoms with Crippen molar-refractivity contribution in [3.63, 3.8) is 0 Å². The van der Waals surface area contributed by atoms with Crippen LogP contribution < -0.4 is 4.90 Å². The molecule has 5 aromatic carbocycles. The summed E-state index contributed by atoms with van der Waals surface area (Å²) in [5.41, 5.74) is 4.85. The molecule has 0 bridgehead atoms. The first-order valence-electron chi connectivity index (χ1n) is 13.4. The van der Waals surface area contributed by atoms with Crippen LogP contribution in [0.1, 0.15) is 47.8 Å². The number of fused-ring (bicyclic) bond motifs is 7. The van der Waals surface area contributed by atoms with Gasteiger partial charge in [0.05, 0.1) is 11.4 Å². The number of allylic oxidation sites excluding steroid dienone is 2. The summed E-state index contributed by atoms with van der Waals surface area (Å²) in [6, 6.07) is 33.7. The minimum absolute atomic E-state index is 0.233. The lowest BCUT2D eigenvalue weighted by Crippen LogP contribution is -2.46. The van der Waals surface area contributed by atoms with E-state index in [1.165, 1.54) is 0 Å². The molecule has 9 rings (SSSR count). The zero-order chi connectivity index (χ0) is 27.6. The van der Waals surface area contributed by atoms with Crippen molar-refractivity contribution >= 4 is 56.8 Å². The van der Waals surface area contributed by atoms with Crippen molar-refractivity contribution in [1.82, 2.24) is 0 Å². The minimum Gasteiger partial charge on any atom is -0.308 e. The number of Topliss-reactive ketones (excluding diaryl/α,β-unsaturated/α-hetero) is 3. The van der Waals surface area contributed by atoms with Crippen LogP contribution in [0.2, 0.25) is 5.02 Å². The number of carbonyl (C=O) groups excluding carboxylic acids is 3. The molecule has 0 N–H and O–H groups in total. The highest BCUT2D eigenvalue weighted by atomic mass is 35.5. The Labute approximate surface area is 239 Å². The third kappa shape index (κ3) is 2.51. The number of hydrogen-bond donors (Lipinski definition) is 0. The molecule has 3 aliphatic carbocycles. The molecular weight excluding hydrogens is 530 g/mol. The molecule has 0 unspecified atom stereocenters. The zero-order valence-electron chi connectivity index (χ0n) is 21.4. The predicted molar refractivity (Wildman–Crippen MR) is 159 cm³/mol. The van der Waals surface area contributed by atoms with E-state index in [1.807, 2.05) is 89.8 Å². The van der Waals surface area contributed by atoms with Gasteiger partial charge in [-0.2, -0.15) is 0 Å². The van der Waals surface area contributed by atoms with Crippen molar-refractivity contribution in [3.8, 4) is 0 Å². The first-order valence-corrected chi connectivity index (χ1v) is 13.8. The van der Waals surface area contributed by atoms with Crippen molar-refractivity contribution in [2.24, 2.45) is 0 Å². The number of benzene rings is 5. The number of ketones is 3. The number of hydrogen-bond acceptors (Lipinski definition) is 4. The maximum atomic E-state index is 15.0. The number of rotatable bonds is 1. The predicted octanol–water partition coefficient (Wildman–Crippen LogP) is 7.66. The van der Waals surface area contributed by atoms with E-state index >= 15 is 4.79 Å². The Morgan fingerprint density at radius 1 is 0.537 bits per heavy atom. The highest BCUT2D eigenvalue weighted by Gasteiger charge is 2.64. The molecule has 1 aliphatic heterocycles. The van der Waals surface area contributed by atoms with Gasteiger partial charge in [-0.1, -0.05) is 96.5 Å². The van der Waals surface area contributed by atoms with Crippen molar-refractivity contribution in [1.29, 1.82) is 0 Å². The minimum atomic E-state index is -1.58. The Morgan fingerprint density at radius 3 is 1.63 bits per heavy atom. The number of carbonyl (C=O) groups is 3. The van der Waals surface area contributed by atoms with Crippen LogP contribution in [0.4, 0.5) is 5.69 Å². The van der Waals surface area contributed by atoms with Crippen molar-refractivity contribution in [2.75, 3.05) is 4.90 Å². The second kappa shape index (κ2) is 7.57. The largest absolute Gasteiger partial charge is 0.308 e. The van der Waals surface area contributed by atoms with Crippen LogP contribution in [0.15, 0.2) is 120 Å². The summed E-state index contributed by atoms with van der Waals surface area (Å²) in [7, 11) is 0.